The summed E-state index contributed by atoms with van der Waals surface area (Å²) in [4.78, 5) is 29.1. The maximum atomic E-state index is 12.6. The number of aliphatic carboxylic acids is 1. The van der Waals surface area contributed by atoms with Gasteiger partial charge in [-0.3, -0.25) is 9.79 Å². The van der Waals surface area contributed by atoms with Gasteiger partial charge in [-0.1, -0.05) is 47.5 Å². The van der Waals surface area contributed by atoms with Gasteiger partial charge in [-0.05, 0) is 39.3 Å². The summed E-state index contributed by atoms with van der Waals surface area (Å²) in [6, 6.07) is 13.4. The number of methoxy groups -OCH3 is 1. The van der Waals surface area contributed by atoms with Crippen molar-refractivity contribution < 1.29 is 24.2 Å². The van der Waals surface area contributed by atoms with E-state index in [-0.39, 0.29) is 5.57 Å². The Morgan fingerprint density at radius 2 is 1.68 bits per heavy atom. The van der Waals surface area contributed by atoms with Crippen LogP contribution >= 0.6 is 0 Å². The van der Waals surface area contributed by atoms with Gasteiger partial charge < -0.3 is 14.6 Å². The number of rotatable bonds is 6. The van der Waals surface area contributed by atoms with Crippen LogP contribution in [0.2, 0.25) is 0 Å². The standard InChI is InChI=1S/C25H27NO5/c1-14-10-15(2)12-18(11-14)13-31-20-9-7-6-8-19(20)23-21(24(27)28)16(3)26-17(4)22(23)25(29)30-5/h6-12,21,23H,13H2,1-5H3,(H,27,28). The van der Waals surface area contributed by atoms with E-state index in [2.05, 4.69) is 23.2 Å². The number of ether oxygens (including phenoxy) is 2. The van der Waals surface area contributed by atoms with E-state index in [1.807, 2.05) is 26.0 Å². The first kappa shape index (κ1) is 22.3. The number of nitrogens with zero attached hydrogens (tertiary/aromatic N) is 1. The number of carbonyl (C=O) groups excluding carboxylic acids is 1. The Kier molecular flexibility index (Phi) is 6.59. The fourth-order valence-corrected chi connectivity index (χ4v) is 4.25. The molecule has 0 bridgehead atoms. The van der Waals surface area contributed by atoms with Crippen LogP contribution in [0.15, 0.2) is 58.7 Å². The molecule has 0 amide bonds. The predicted molar refractivity (Wildman–Crippen MR) is 118 cm³/mol. The third-order valence-corrected chi connectivity index (χ3v) is 5.43. The van der Waals surface area contributed by atoms with Gasteiger partial charge in [0.25, 0.3) is 0 Å². The molecule has 2 aromatic rings. The second-order valence-electron chi connectivity index (χ2n) is 7.86. The summed E-state index contributed by atoms with van der Waals surface area (Å²) in [6.45, 7) is 7.75. The molecule has 0 spiro atoms. The number of aliphatic imine (C=N–C) groups is 1. The second-order valence-corrected chi connectivity index (χ2v) is 7.86. The first-order valence-electron chi connectivity index (χ1n) is 10.1. The Bertz CT molecular complexity index is 1060. The monoisotopic (exact) mass is 421 g/mol. The zero-order valence-electron chi connectivity index (χ0n) is 18.4. The van der Waals surface area contributed by atoms with Crippen molar-refractivity contribution in [3.8, 4) is 5.75 Å². The molecule has 31 heavy (non-hydrogen) atoms. The minimum absolute atomic E-state index is 0.239. The highest BCUT2D eigenvalue weighted by molar-refractivity contribution is 6.06. The number of carboxylic acids is 1. The summed E-state index contributed by atoms with van der Waals surface area (Å²) in [7, 11) is 1.28. The highest BCUT2D eigenvalue weighted by Crippen LogP contribution is 2.43. The molecular weight excluding hydrogens is 394 g/mol. The first-order valence-corrected chi connectivity index (χ1v) is 10.1. The van der Waals surface area contributed by atoms with Crippen molar-refractivity contribution in [2.75, 3.05) is 7.11 Å². The maximum Gasteiger partial charge on any atom is 0.336 e. The highest BCUT2D eigenvalue weighted by Gasteiger charge is 2.42. The summed E-state index contributed by atoms with van der Waals surface area (Å²) in [6.07, 6.45) is 0. The molecule has 1 aliphatic heterocycles. The third kappa shape index (κ3) is 4.68. The smallest absolute Gasteiger partial charge is 0.336 e. The predicted octanol–water partition coefficient (Wildman–Crippen LogP) is 4.59. The molecule has 3 rings (SSSR count). The summed E-state index contributed by atoms with van der Waals surface area (Å²) in [5, 5.41) is 9.96. The van der Waals surface area contributed by atoms with E-state index in [9.17, 15) is 14.7 Å². The van der Waals surface area contributed by atoms with Crippen LogP contribution in [0.3, 0.4) is 0 Å². The van der Waals surface area contributed by atoms with Gasteiger partial charge in [0.15, 0.2) is 0 Å². The normalized spacial score (nSPS) is 18.4. The van der Waals surface area contributed by atoms with Crippen molar-refractivity contribution in [3.05, 3.63) is 76.0 Å². The van der Waals surface area contributed by atoms with Gasteiger partial charge in [0, 0.05) is 22.9 Å². The van der Waals surface area contributed by atoms with Crippen molar-refractivity contribution in [2.24, 2.45) is 10.9 Å². The van der Waals surface area contributed by atoms with E-state index in [0.29, 0.717) is 29.3 Å². The van der Waals surface area contributed by atoms with Crippen molar-refractivity contribution in [1.29, 1.82) is 0 Å². The molecule has 1 N–H and O–H groups in total. The fraction of sp³-hybridized carbons (Fsp3) is 0.320. The van der Waals surface area contributed by atoms with Gasteiger partial charge in [0.05, 0.1) is 12.7 Å². The lowest BCUT2D eigenvalue weighted by Gasteiger charge is -2.31. The minimum Gasteiger partial charge on any atom is -0.489 e. The summed E-state index contributed by atoms with van der Waals surface area (Å²) < 4.78 is 11.1. The van der Waals surface area contributed by atoms with Crippen molar-refractivity contribution in [1.82, 2.24) is 0 Å². The zero-order chi connectivity index (χ0) is 22.7. The number of allylic oxidation sites excluding steroid dienone is 1. The largest absolute Gasteiger partial charge is 0.489 e. The van der Waals surface area contributed by atoms with E-state index in [1.165, 1.54) is 7.11 Å². The molecule has 0 aliphatic carbocycles. The number of benzene rings is 2. The summed E-state index contributed by atoms with van der Waals surface area (Å²) in [5.41, 5.74) is 5.05. The molecular formula is C25H27NO5. The van der Waals surface area contributed by atoms with Crippen molar-refractivity contribution in [2.45, 2.75) is 40.2 Å². The van der Waals surface area contributed by atoms with Crippen LogP contribution in [0.1, 0.15) is 42.0 Å². The van der Waals surface area contributed by atoms with Crippen LogP contribution in [0.5, 0.6) is 5.75 Å². The average molecular weight is 421 g/mol. The van der Waals surface area contributed by atoms with Crippen molar-refractivity contribution in [3.63, 3.8) is 0 Å². The lowest BCUT2D eigenvalue weighted by molar-refractivity contribution is -0.140. The van der Waals surface area contributed by atoms with E-state index >= 15 is 0 Å². The van der Waals surface area contributed by atoms with Gasteiger partial charge in [0.2, 0.25) is 0 Å². The van der Waals surface area contributed by atoms with Crippen LogP contribution in [-0.4, -0.2) is 29.9 Å². The van der Waals surface area contributed by atoms with E-state index in [0.717, 1.165) is 16.7 Å². The zero-order valence-corrected chi connectivity index (χ0v) is 18.4. The van der Waals surface area contributed by atoms with Gasteiger partial charge in [-0.25, -0.2) is 4.79 Å². The van der Waals surface area contributed by atoms with Gasteiger partial charge in [-0.2, -0.15) is 0 Å². The van der Waals surface area contributed by atoms with Crippen LogP contribution in [0, 0.1) is 19.8 Å². The first-order chi connectivity index (χ1) is 14.7. The van der Waals surface area contributed by atoms with Gasteiger partial charge in [-0.15, -0.1) is 0 Å². The number of carboxylic acid groups (broad SMARTS) is 1. The average Bonchev–Trinajstić information content (AvgIpc) is 2.70. The SMILES string of the molecule is COC(=O)C1=C(C)N=C(C)C(C(=O)O)C1c1ccccc1OCc1cc(C)cc(C)c1. The maximum absolute atomic E-state index is 12.6. The molecule has 1 aliphatic rings. The molecule has 0 radical (unpaired) electrons. The molecule has 0 saturated carbocycles. The Morgan fingerprint density at radius 3 is 2.29 bits per heavy atom. The third-order valence-electron chi connectivity index (χ3n) is 5.43. The van der Waals surface area contributed by atoms with Gasteiger partial charge >= 0.3 is 11.9 Å². The minimum atomic E-state index is -1.05. The topological polar surface area (TPSA) is 85.2 Å². The Hall–Kier alpha value is -3.41. The molecule has 162 valence electrons. The van der Waals surface area contributed by atoms with Gasteiger partial charge in [0.1, 0.15) is 18.3 Å². The number of hydrogen-bond acceptors (Lipinski definition) is 5. The van der Waals surface area contributed by atoms with Crippen molar-refractivity contribution >= 4 is 17.7 Å². The number of hydrogen-bond donors (Lipinski definition) is 1. The highest BCUT2D eigenvalue weighted by atomic mass is 16.5. The number of carbonyl (C=O) groups is 2. The van der Waals surface area contributed by atoms with E-state index < -0.39 is 23.8 Å². The molecule has 2 unspecified atom stereocenters. The molecule has 1 heterocycles. The second kappa shape index (κ2) is 9.16. The lowest BCUT2D eigenvalue weighted by Crippen LogP contribution is -2.35. The van der Waals surface area contributed by atoms with Crippen LogP contribution in [0.4, 0.5) is 0 Å². The Balaban J connectivity index is 2.06. The van der Waals surface area contributed by atoms with E-state index in [1.54, 1.807) is 26.0 Å². The van der Waals surface area contributed by atoms with E-state index in [4.69, 9.17) is 9.47 Å². The number of para-hydroxylation sites is 1. The molecule has 6 heteroatoms. The molecule has 6 nitrogen and oxygen atoms in total. The Labute approximate surface area is 182 Å². The molecule has 2 atom stereocenters. The molecule has 0 fully saturated rings. The lowest BCUT2D eigenvalue weighted by atomic mass is 9.75. The Morgan fingerprint density at radius 1 is 1.03 bits per heavy atom. The van der Waals surface area contributed by atoms with Crippen LogP contribution in [-0.2, 0) is 20.9 Å². The summed E-state index contributed by atoms with van der Waals surface area (Å²) >= 11 is 0. The quantitative estimate of drug-likeness (QED) is 0.690. The van der Waals surface area contributed by atoms with Crippen LogP contribution < -0.4 is 4.74 Å². The molecule has 0 saturated heterocycles. The van der Waals surface area contributed by atoms with Crippen LogP contribution in [0.25, 0.3) is 0 Å². The summed E-state index contributed by atoms with van der Waals surface area (Å²) in [5.74, 6) is -2.87. The molecule has 2 aromatic carbocycles. The molecule has 0 aromatic heterocycles. The number of esters is 1. The fourth-order valence-electron chi connectivity index (χ4n) is 4.25. The number of aryl methyl sites for hydroxylation is 2.